The summed E-state index contributed by atoms with van der Waals surface area (Å²) in [7, 11) is -0.691. The molecule has 0 spiro atoms. The summed E-state index contributed by atoms with van der Waals surface area (Å²) < 4.78 is 0. The number of hydrogen-bond donors (Lipinski definition) is 0. The van der Waals surface area contributed by atoms with Gasteiger partial charge < -0.3 is 0 Å². The first-order chi connectivity index (χ1) is 15.2. The number of rotatable bonds is 26. The summed E-state index contributed by atoms with van der Waals surface area (Å²) in [6, 6.07) is 0. The molecular weight excluding hydrogens is 391 g/mol. The largest absolute Gasteiger partial charge is 0.0654 e. The van der Waals surface area contributed by atoms with Gasteiger partial charge in [0.25, 0.3) is 0 Å². The molecule has 0 aliphatic rings. The fraction of sp³-hybridized carbons (Fsp3) is 1.00. The Balaban J connectivity index is 4.44. The van der Waals surface area contributed by atoms with Crippen molar-refractivity contribution < 1.29 is 0 Å². The van der Waals surface area contributed by atoms with Crippen molar-refractivity contribution in [3.05, 3.63) is 0 Å². The Morgan fingerprint density at radius 3 is 0.710 bits per heavy atom. The van der Waals surface area contributed by atoms with Gasteiger partial charge in [-0.2, -0.15) is 0 Å². The highest BCUT2D eigenvalue weighted by Gasteiger charge is 2.34. The average Bonchev–Trinajstić information content (AvgIpc) is 2.78. The van der Waals surface area contributed by atoms with Gasteiger partial charge in [0.2, 0.25) is 0 Å². The summed E-state index contributed by atoms with van der Waals surface area (Å²) in [5.41, 5.74) is 0. The lowest BCUT2D eigenvalue weighted by Gasteiger charge is -2.28. The van der Waals surface area contributed by atoms with Gasteiger partial charge in [0, 0.05) is 7.26 Å². The highest BCUT2D eigenvalue weighted by atomic mass is 31.2. The zero-order chi connectivity index (χ0) is 22.9. The van der Waals surface area contributed by atoms with Gasteiger partial charge in [0.1, 0.15) is 0 Å². The van der Waals surface area contributed by atoms with Gasteiger partial charge in [-0.3, -0.25) is 0 Å². The highest BCUT2D eigenvalue weighted by Crippen LogP contribution is 2.61. The Kier molecular flexibility index (Phi) is 25.4. The molecule has 0 saturated carbocycles. The summed E-state index contributed by atoms with van der Waals surface area (Å²) in [5.74, 6) is 0. The molecule has 0 fully saturated rings. The number of unbranched alkanes of at least 4 members (excludes halogenated alkanes) is 18. The van der Waals surface area contributed by atoms with Crippen LogP contribution in [0.4, 0.5) is 0 Å². The van der Waals surface area contributed by atoms with Gasteiger partial charge in [-0.25, -0.2) is 0 Å². The quantitative estimate of drug-likeness (QED) is 0.0898. The predicted molar refractivity (Wildman–Crippen MR) is 151 cm³/mol. The molecule has 0 unspecified atom stereocenters. The van der Waals surface area contributed by atoms with Crippen molar-refractivity contribution in [1.82, 2.24) is 0 Å². The maximum atomic E-state index is 2.36. The standard InChI is InChI=1S/C30H64P/c1-5-9-13-17-18-19-20-21-22-26-30-31(27-23-14-10-6-2,28-24-15-11-7-3)29-25-16-12-8-4/h5-30H2,1-4H3/q+1. The summed E-state index contributed by atoms with van der Waals surface area (Å²) in [6.07, 6.45) is 39.1. The molecule has 0 bridgehead atoms. The maximum Gasteiger partial charge on any atom is 0.0594 e. The molecule has 0 radical (unpaired) electrons. The van der Waals surface area contributed by atoms with Crippen LogP contribution in [-0.4, -0.2) is 24.6 Å². The molecule has 0 saturated heterocycles. The molecule has 0 N–H and O–H groups in total. The normalized spacial score (nSPS) is 12.0. The van der Waals surface area contributed by atoms with E-state index >= 15 is 0 Å². The van der Waals surface area contributed by atoms with E-state index in [9.17, 15) is 0 Å². The second-order valence-electron chi connectivity index (χ2n) is 10.6. The highest BCUT2D eigenvalue weighted by molar-refractivity contribution is 7.75. The van der Waals surface area contributed by atoms with Crippen molar-refractivity contribution in [2.24, 2.45) is 0 Å². The molecule has 0 amide bonds. The topological polar surface area (TPSA) is 0 Å². The van der Waals surface area contributed by atoms with Crippen molar-refractivity contribution in [3.8, 4) is 0 Å². The van der Waals surface area contributed by atoms with Crippen molar-refractivity contribution >= 4 is 7.26 Å². The monoisotopic (exact) mass is 455 g/mol. The third-order valence-corrected chi connectivity index (χ3v) is 12.5. The van der Waals surface area contributed by atoms with Gasteiger partial charge in [-0.05, 0) is 51.4 Å². The SMILES string of the molecule is CCCCCCCCCCCC[P+](CCCCCC)(CCCCCC)CCCCCC. The Morgan fingerprint density at radius 2 is 0.452 bits per heavy atom. The van der Waals surface area contributed by atoms with Crippen LogP contribution in [-0.2, 0) is 0 Å². The molecule has 0 aromatic rings. The second kappa shape index (κ2) is 25.1. The zero-order valence-electron chi connectivity index (χ0n) is 22.8. The minimum absolute atomic E-state index is 0.691. The summed E-state index contributed by atoms with van der Waals surface area (Å²) >= 11 is 0. The van der Waals surface area contributed by atoms with Crippen LogP contribution in [0.25, 0.3) is 0 Å². The van der Waals surface area contributed by atoms with Crippen LogP contribution in [0.1, 0.15) is 169 Å². The molecule has 31 heavy (non-hydrogen) atoms. The smallest absolute Gasteiger partial charge is 0.0594 e. The van der Waals surface area contributed by atoms with Crippen LogP contribution in [0.3, 0.4) is 0 Å². The van der Waals surface area contributed by atoms with Gasteiger partial charge in [0.05, 0.1) is 24.6 Å². The first-order valence-electron chi connectivity index (χ1n) is 15.1. The minimum atomic E-state index is -0.691. The van der Waals surface area contributed by atoms with Crippen molar-refractivity contribution in [2.75, 3.05) is 24.6 Å². The second-order valence-corrected chi connectivity index (χ2v) is 15.1. The van der Waals surface area contributed by atoms with E-state index in [4.69, 9.17) is 0 Å². The van der Waals surface area contributed by atoms with E-state index in [0.717, 1.165) is 0 Å². The lowest BCUT2D eigenvalue weighted by atomic mass is 10.1. The van der Waals surface area contributed by atoms with Crippen molar-refractivity contribution in [2.45, 2.75) is 169 Å². The lowest BCUT2D eigenvalue weighted by Crippen LogP contribution is -2.13. The third-order valence-electron chi connectivity index (χ3n) is 7.44. The van der Waals surface area contributed by atoms with E-state index in [0.29, 0.717) is 0 Å². The molecule has 1 heteroatoms. The van der Waals surface area contributed by atoms with E-state index in [1.165, 1.54) is 116 Å². The molecule has 188 valence electrons. The van der Waals surface area contributed by atoms with E-state index in [-0.39, 0.29) is 0 Å². The average molecular weight is 456 g/mol. The molecule has 0 aliphatic heterocycles. The van der Waals surface area contributed by atoms with Crippen LogP contribution in [0.15, 0.2) is 0 Å². The molecule has 0 heterocycles. The summed E-state index contributed by atoms with van der Waals surface area (Å²) in [5, 5.41) is 0. The summed E-state index contributed by atoms with van der Waals surface area (Å²) in [4.78, 5) is 0. The minimum Gasteiger partial charge on any atom is -0.0654 e. The van der Waals surface area contributed by atoms with Crippen molar-refractivity contribution in [3.63, 3.8) is 0 Å². The van der Waals surface area contributed by atoms with E-state index in [1.54, 1.807) is 50.3 Å². The van der Waals surface area contributed by atoms with Gasteiger partial charge in [0.15, 0.2) is 0 Å². The molecule has 0 aromatic heterocycles. The van der Waals surface area contributed by atoms with Gasteiger partial charge in [-0.1, -0.05) is 118 Å². The first-order valence-corrected chi connectivity index (χ1v) is 17.6. The van der Waals surface area contributed by atoms with Crippen LogP contribution in [0.5, 0.6) is 0 Å². The van der Waals surface area contributed by atoms with Gasteiger partial charge in [-0.15, -0.1) is 0 Å². The summed E-state index contributed by atoms with van der Waals surface area (Å²) in [6.45, 7) is 9.41. The van der Waals surface area contributed by atoms with Crippen LogP contribution in [0.2, 0.25) is 0 Å². The first kappa shape index (κ1) is 31.4. The zero-order valence-corrected chi connectivity index (χ0v) is 23.7. The molecule has 0 nitrogen and oxygen atoms in total. The molecule has 0 aliphatic carbocycles. The van der Waals surface area contributed by atoms with E-state index in [1.807, 2.05) is 0 Å². The third kappa shape index (κ3) is 20.7. The molecule has 0 rings (SSSR count). The molecule has 0 aromatic carbocycles. The Labute approximate surface area is 200 Å². The van der Waals surface area contributed by atoms with Crippen LogP contribution in [0, 0.1) is 0 Å². The van der Waals surface area contributed by atoms with Crippen LogP contribution >= 0.6 is 7.26 Å². The fourth-order valence-electron chi connectivity index (χ4n) is 5.23. The number of hydrogen-bond acceptors (Lipinski definition) is 0. The van der Waals surface area contributed by atoms with Crippen LogP contribution < -0.4 is 0 Å². The van der Waals surface area contributed by atoms with E-state index < -0.39 is 7.26 Å². The van der Waals surface area contributed by atoms with Crippen molar-refractivity contribution in [1.29, 1.82) is 0 Å². The Hall–Kier alpha value is 0.430. The molecular formula is C30H64P+. The van der Waals surface area contributed by atoms with E-state index in [2.05, 4.69) is 27.7 Å². The Morgan fingerprint density at radius 1 is 0.258 bits per heavy atom. The molecule has 0 atom stereocenters. The fourth-order valence-corrected chi connectivity index (χ4v) is 10.1. The lowest BCUT2D eigenvalue weighted by molar-refractivity contribution is 0.562. The maximum absolute atomic E-state index is 2.36. The Bertz CT molecular complexity index is 293. The van der Waals surface area contributed by atoms with Gasteiger partial charge >= 0.3 is 0 Å². The predicted octanol–water partition coefficient (Wildman–Crippen LogP) is 11.7.